The third-order valence-corrected chi connectivity index (χ3v) is 7.84. The zero-order valence-corrected chi connectivity index (χ0v) is 20.7. The van der Waals surface area contributed by atoms with Crippen molar-refractivity contribution in [3.05, 3.63) is 59.7 Å². The number of ether oxygens (including phenoxy) is 4. The van der Waals surface area contributed by atoms with Crippen LogP contribution in [0.3, 0.4) is 0 Å². The van der Waals surface area contributed by atoms with Crippen molar-refractivity contribution < 1.29 is 27.4 Å². The van der Waals surface area contributed by atoms with E-state index in [-0.39, 0.29) is 17.5 Å². The number of methoxy groups -OCH3 is 4. The Morgan fingerprint density at radius 1 is 0.970 bits per heavy atom. The molecule has 0 N–H and O–H groups in total. The highest BCUT2D eigenvalue weighted by Crippen LogP contribution is 2.38. The predicted octanol–water partition coefficient (Wildman–Crippen LogP) is 4.26. The van der Waals surface area contributed by atoms with Crippen molar-refractivity contribution >= 4 is 15.6 Å². The monoisotopic (exact) mass is 475 g/mol. The van der Waals surface area contributed by atoms with E-state index in [4.69, 9.17) is 18.9 Å². The summed E-state index contributed by atoms with van der Waals surface area (Å²) in [6, 6.07) is 12.2. The first-order chi connectivity index (χ1) is 15.8. The van der Waals surface area contributed by atoms with Crippen LogP contribution in [0.25, 0.3) is 5.57 Å². The Kier molecular flexibility index (Phi) is 8.53. The van der Waals surface area contributed by atoms with Crippen LogP contribution in [0.2, 0.25) is 0 Å². The summed E-state index contributed by atoms with van der Waals surface area (Å²) in [6.07, 6.45) is 3.86. The number of rotatable bonds is 10. The molecule has 0 aliphatic heterocycles. The van der Waals surface area contributed by atoms with E-state index in [0.717, 1.165) is 29.5 Å². The molecule has 1 atom stereocenters. The lowest BCUT2D eigenvalue weighted by Crippen LogP contribution is -2.46. The van der Waals surface area contributed by atoms with Crippen molar-refractivity contribution in [1.82, 2.24) is 4.31 Å². The van der Waals surface area contributed by atoms with Crippen molar-refractivity contribution in [3.63, 3.8) is 0 Å². The van der Waals surface area contributed by atoms with Gasteiger partial charge in [0.25, 0.3) is 0 Å². The lowest BCUT2D eigenvalue weighted by molar-refractivity contribution is -0.109. The van der Waals surface area contributed by atoms with Crippen LogP contribution in [0.1, 0.15) is 30.4 Å². The maximum atomic E-state index is 13.9. The molecule has 2 aromatic carbocycles. The highest BCUT2D eigenvalue weighted by Gasteiger charge is 2.37. The lowest BCUT2D eigenvalue weighted by atomic mass is 9.88. The molecule has 2 aromatic rings. The van der Waals surface area contributed by atoms with Gasteiger partial charge in [0.2, 0.25) is 10.0 Å². The number of nitrogens with zero attached hydrogens (tertiary/aromatic N) is 1. The predicted molar refractivity (Wildman–Crippen MR) is 128 cm³/mol. The van der Waals surface area contributed by atoms with E-state index in [2.05, 4.69) is 6.08 Å². The van der Waals surface area contributed by atoms with Gasteiger partial charge in [-0.2, -0.15) is 4.31 Å². The van der Waals surface area contributed by atoms with E-state index >= 15 is 0 Å². The second-order valence-electron chi connectivity index (χ2n) is 7.96. The summed E-state index contributed by atoms with van der Waals surface area (Å²) >= 11 is 0. The third kappa shape index (κ3) is 5.58. The smallest absolute Gasteiger partial charge is 0.243 e. The van der Waals surface area contributed by atoms with Gasteiger partial charge < -0.3 is 18.9 Å². The van der Waals surface area contributed by atoms with Crippen molar-refractivity contribution in [1.29, 1.82) is 0 Å². The summed E-state index contributed by atoms with van der Waals surface area (Å²) in [7, 11) is 2.37. The molecular formula is C25H33NO6S. The normalized spacial score (nSPS) is 16.7. The maximum absolute atomic E-state index is 13.9. The van der Waals surface area contributed by atoms with Crippen LogP contribution < -0.4 is 9.47 Å². The first-order valence-corrected chi connectivity index (χ1v) is 12.4. The molecule has 8 heteroatoms. The lowest BCUT2D eigenvalue weighted by Gasteiger charge is -2.36. The molecule has 1 aliphatic rings. The average Bonchev–Trinajstić information content (AvgIpc) is 2.84. The van der Waals surface area contributed by atoms with Gasteiger partial charge in [-0.1, -0.05) is 29.8 Å². The van der Waals surface area contributed by atoms with Gasteiger partial charge in [-0.05, 0) is 61.6 Å². The zero-order chi connectivity index (χ0) is 24.0. The fourth-order valence-corrected chi connectivity index (χ4v) is 5.74. The number of hydrogen-bond acceptors (Lipinski definition) is 6. The van der Waals surface area contributed by atoms with Crippen LogP contribution >= 0.6 is 0 Å². The SMILES string of the molecule is COc1ccc(C2=CCCC[C@@H]2N(CC(OC)OC)S(=O)(=O)c2ccc(C)cc2)cc1OC. The van der Waals surface area contributed by atoms with E-state index in [1.54, 1.807) is 38.5 Å². The summed E-state index contributed by atoms with van der Waals surface area (Å²) in [5, 5.41) is 0. The molecule has 0 amide bonds. The van der Waals surface area contributed by atoms with Gasteiger partial charge in [0.15, 0.2) is 17.8 Å². The first kappa shape index (κ1) is 25.2. The van der Waals surface area contributed by atoms with Gasteiger partial charge in [-0.15, -0.1) is 0 Å². The maximum Gasteiger partial charge on any atom is 0.243 e. The van der Waals surface area contributed by atoms with Crippen LogP contribution in [0.4, 0.5) is 0 Å². The van der Waals surface area contributed by atoms with Crippen LogP contribution in [0.5, 0.6) is 11.5 Å². The number of aryl methyl sites for hydroxylation is 1. The number of hydrogen-bond donors (Lipinski definition) is 0. The topological polar surface area (TPSA) is 74.3 Å². The molecule has 0 spiro atoms. The summed E-state index contributed by atoms with van der Waals surface area (Å²) in [6.45, 7) is 2.00. The molecule has 0 radical (unpaired) electrons. The third-order valence-electron chi connectivity index (χ3n) is 5.95. The van der Waals surface area contributed by atoms with E-state index in [1.165, 1.54) is 18.5 Å². The molecule has 0 aromatic heterocycles. The largest absolute Gasteiger partial charge is 0.493 e. The average molecular weight is 476 g/mol. The zero-order valence-electron chi connectivity index (χ0n) is 19.9. The molecule has 7 nitrogen and oxygen atoms in total. The number of sulfonamides is 1. The molecule has 0 saturated heterocycles. The minimum Gasteiger partial charge on any atom is -0.493 e. The fraction of sp³-hybridized carbons (Fsp3) is 0.440. The van der Waals surface area contributed by atoms with E-state index in [0.29, 0.717) is 17.9 Å². The standard InChI is InChI=1S/C25H33NO6S/c1-18-10-13-20(14-11-18)33(27,28)26(17-25(31-4)32-5)22-9-7-6-8-21(22)19-12-15-23(29-2)24(16-19)30-3/h8,10-16,22,25H,6-7,9,17H2,1-5H3/t22-/m0/s1. The molecule has 0 heterocycles. The molecule has 0 unspecified atom stereocenters. The summed E-state index contributed by atoms with van der Waals surface area (Å²) < 4.78 is 50.9. The molecule has 3 rings (SSSR count). The van der Waals surface area contributed by atoms with Gasteiger partial charge in [0.1, 0.15) is 0 Å². The Hall–Kier alpha value is -2.39. The van der Waals surface area contributed by atoms with Gasteiger partial charge in [-0.25, -0.2) is 8.42 Å². The van der Waals surface area contributed by atoms with Crippen LogP contribution in [-0.2, 0) is 19.5 Å². The van der Waals surface area contributed by atoms with Crippen molar-refractivity contribution in [3.8, 4) is 11.5 Å². The Balaban J connectivity index is 2.09. The Labute approximate surface area is 197 Å². The van der Waals surface area contributed by atoms with Gasteiger partial charge >= 0.3 is 0 Å². The van der Waals surface area contributed by atoms with Crippen LogP contribution in [0, 0.1) is 6.92 Å². The number of benzene rings is 2. The first-order valence-electron chi connectivity index (χ1n) is 10.9. The molecular weight excluding hydrogens is 442 g/mol. The summed E-state index contributed by atoms with van der Waals surface area (Å²) in [5.41, 5.74) is 2.83. The van der Waals surface area contributed by atoms with Crippen molar-refractivity contribution in [2.75, 3.05) is 35.0 Å². The highest BCUT2D eigenvalue weighted by molar-refractivity contribution is 7.89. The Morgan fingerprint density at radius 3 is 2.24 bits per heavy atom. The van der Waals surface area contributed by atoms with Crippen LogP contribution in [-0.4, -0.2) is 60.0 Å². The molecule has 0 bridgehead atoms. The van der Waals surface area contributed by atoms with E-state index in [1.807, 2.05) is 25.1 Å². The Morgan fingerprint density at radius 2 is 1.64 bits per heavy atom. The van der Waals surface area contributed by atoms with Gasteiger partial charge in [0.05, 0.1) is 31.7 Å². The minimum absolute atomic E-state index is 0.0680. The van der Waals surface area contributed by atoms with E-state index < -0.39 is 16.3 Å². The molecule has 33 heavy (non-hydrogen) atoms. The number of allylic oxidation sites excluding steroid dienone is 1. The second-order valence-corrected chi connectivity index (χ2v) is 9.86. The Bertz CT molecular complexity index is 1060. The molecule has 0 fully saturated rings. The summed E-state index contributed by atoms with van der Waals surface area (Å²) in [5.74, 6) is 1.22. The van der Waals surface area contributed by atoms with Crippen molar-refractivity contribution in [2.45, 2.75) is 43.4 Å². The van der Waals surface area contributed by atoms with Crippen LogP contribution in [0.15, 0.2) is 53.4 Å². The van der Waals surface area contributed by atoms with Gasteiger partial charge in [-0.3, -0.25) is 0 Å². The molecule has 180 valence electrons. The fourth-order valence-electron chi connectivity index (χ4n) is 4.12. The second kappa shape index (κ2) is 11.2. The quantitative estimate of drug-likeness (QED) is 0.478. The highest BCUT2D eigenvalue weighted by atomic mass is 32.2. The molecule has 0 saturated carbocycles. The minimum atomic E-state index is -3.83. The summed E-state index contributed by atoms with van der Waals surface area (Å²) in [4.78, 5) is 0.247. The van der Waals surface area contributed by atoms with Gasteiger partial charge in [0, 0.05) is 14.2 Å². The molecule has 1 aliphatic carbocycles. The van der Waals surface area contributed by atoms with Crippen molar-refractivity contribution in [2.24, 2.45) is 0 Å². The van der Waals surface area contributed by atoms with E-state index in [9.17, 15) is 8.42 Å².